The van der Waals surface area contributed by atoms with E-state index in [9.17, 15) is 10.1 Å². The number of nitrogens with two attached hydrogens (primary N) is 1. The molecular weight excluding hydrogens is 240 g/mol. The van der Waals surface area contributed by atoms with Crippen LogP contribution in [0.1, 0.15) is 11.9 Å². The van der Waals surface area contributed by atoms with Gasteiger partial charge in [-0.2, -0.15) is 4.98 Å². The van der Waals surface area contributed by atoms with Crippen LogP contribution in [0, 0.1) is 10.1 Å². The second-order valence-corrected chi connectivity index (χ2v) is 3.55. The Morgan fingerprint density at radius 1 is 1.44 bits per heavy atom. The van der Waals surface area contributed by atoms with Gasteiger partial charge in [-0.1, -0.05) is 5.16 Å². The third-order valence-corrected chi connectivity index (χ3v) is 2.29. The van der Waals surface area contributed by atoms with Crippen molar-refractivity contribution in [1.29, 1.82) is 0 Å². The lowest BCUT2D eigenvalue weighted by Crippen LogP contribution is -2.14. The summed E-state index contributed by atoms with van der Waals surface area (Å²) < 4.78 is 4.87. The number of aliphatic hydroxyl groups excluding tert-OH is 1. The van der Waals surface area contributed by atoms with Crippen LogP contribution >= 0.6 is 0 Å². The van der Waals surface area contributed by atoms with Gasteiger partial charge in [0, 0.05) is 17.7 Å². The summed E-state index contributed by atoms with van der Waals surface area (Å²) in [6.07, 6.45) is 0. The first-order chi connectivity index (χ1) is 8.61. The van der Waals surface area contributed by atoms with Gasteiger partial charge in [0.15, 0.2) is 0 Å². The van der Waals surface area contributed by atoms with Crippen LogP contribution in [0.4, 0.5) is 5.69 Å². The lowest BCUT2D eigenvalue weighted by atomic mass is 10.2. The van der Waals surface area contributed by atoms with Crippen LogP contribution in [0.15, 0.2) is 28.8 Å². The number of hydrogen-bond donors (Lipinski definition) is 2. The quantitative estimate of drug-likeness (QED) is 0.601. The molecule has 1 atom stereocenters. The van der Waals surface area contributed by atoms with Crippen molar-refractivity contribution in [3.05, 3.63) is 40.3 Å². The predicted molar refractivity (Wildman–Crippen MR) is 60.4 cm³/mol. The van der Waals surface area contributed by atoms with Crippen LogP contribution in [0.3, 0.4) is 0 Å². The lowest BCUT2D eigenvalue weighted by molar-refractivity contribution is -0.384. The van der Waals surface area contributed by atoms with E-state index in [0.29, 0.717) is 5.56 Å². The minimum atomic E-state index is -0.732. The minimum Gasteiger partial charge on any atom is -0.394 e. The average molecular weight is 250 g/mol. The minimum absolute atomic E-state index is 0.0190. The Morgan fingerprint density at radius 3 is 2.67 bits per heavy atom. The van der Waals surface area contributed by atoms with E-state index >= 15 is 0 Å². The fourth-order valence-electron chi connectivity index (χ4n) is 1.31. The molecule has 0 amide bonds. The van der Waals surface area contributed by atoms with E-state index in [1.165, 1.54) is 24.3 Å². The van der Waals surface area contributed by atoms with E-state index in [0.717, 1.165) is 0 Å². The molecule has 8 heteroatoms. The van der Waals surface area contributed by atoms with Crippen molar-refractivity contribution >= 4 is 5.69 Å². The number of nitro groups is 1. The Hall–Kier alpha value is -2.32. The van der Waals surface area contributed by atoms with Gasteiger partial charge in [-0.05, 0) is 12.1 Å². The molecule has 0 saturated heterocycles. The fourth-order valence-corrected chi connectivity index (χ4v) is 1.31. The highest BCUT2D eigenvalue weighted by Gasteiger charge is 2.15. The standard InChI is InChI=1S/C10H10N4O4/c11-8(5-15)10-12-9(13-18-10)6-1-3-7(4-2-6)14(16)17/h1-4,8,15H,5,11H2/t8-/m1/s1. The van der Waals surface area contributed by atoms with Crippen molar-refractivity contribution in [1.82, 2.24) is 10.1 Å². The third kappa shape index (κ3) is 2.34. The summed E-state index contributed by atoms with van der Waals surface area (Å²) in [4.78, 5) is 14.0. The molecular formula is C10H10N4O4. The molecule has 8 nitrogen and oxygen atoms in total. The molecule has 1 heterocycles. The van der Waals surface area contributed by atoms with Crippen LogP contribution in [-0.4, -0.2) is 26.8 Å². The van der Waals surface area contributed by atoms with Gasteiger partial charge < -0.3 is 15.4 Å². The Labute approximate surface area is 101 Å². The summed E-state index contributed by atoms with van der Waals surface area (Å²) in [5.74, 6) is 0.384. The Morgan fingerprint density at radius 2 is 2.11 bits per heavy atom. The number of aromatic nitrogens is 2. The van der Waals surface area contributed by atoms with Gasteiger partial charge in [-0.15, -0.1) is 0 Å². The molecule has 0 radical (unpaired) electrons. The predicted octanol–water partition coefficient (Wildman–Crippen LogP) is 0.637. The summed E-state index contributed by atoms with van der Waals surface area (Å²) in [5, 5.41) is 23.0. The van der Waals surface area contributed by atoms with Gasteiger partial charge in [-0.25, -0.2) is 0 Å². The van der Waals surface area contributed by atoms with Crippen molar-refractivity contribution in [2.75, 3.05) is 6.61 Å². The van der Waals surface area contributed by atoms with Gasteiger partial charge in [0.1, 0.15) is 6.04 Å². The SMILES string of the molecule is N[C@H](CO)c1nc(-c2ccc([N+](=O)[O-])cc2)no1. The third-order valence-electron chi connectivity index (χ3n) is 2.29. The molecule has 0 unspecified atom stereocenters. The highest BCUT2D eigenvalue weighted by Crippen LogP contribution is 2.20. The number of rotatable bonds is 4. The van der Waals surface area contributed by atoms with Gasteiger partial charge >= 0.3 is 0 Å². The van der Waals surface area contributed by atoms with E-state index in [-0.39, 0.29) is 24.0 Å². The zero-order valence-electron chi connectivity index (χ0n) is 9.18. The largest absolute Gasteiger partial charge is 0.394 e. The Kier molecular flexibility index (Phi) is 3.31. The number of aliphatic hydroxyl groups is 1. The molecule has 0 bridgehead atoms. The van der Waals surface area contributed by atoms with Gasteiger partial charge in [0.2, 0.25) is 11.7 Å². The Balaban J connectivity index is 2.26. The first-order valence-electron chi connectivity index (χ1n) is 5.06. The zero-order chi connectivity index (χ0) is 13.1. The number of nitrogens with zero attached hydrogens (tertiary/aromatic N) is 3. The second kappa shape index (κ2) is 4.90. The molecule has 2 rings (SSSR count). The van der Waals surface area contributed by atoms with Crippen LogP contribution < -0.4 is 5.73 Å². The highest BCUT2D eigenvalue weighted by molar-refractivity contribution is 5.56. The molecule has 0 saturated carbocycles. The second-order valence-electron chi connectivity index (χ2n) is 3.55. The zero-order valence-corrected chi connectivity index (χ0v) is 9.18. The van der Waals surface area contributed by atoms with Crippen LogP contribution in [0.25, 0.3) is 11.4 Å². The van der Waals surface area contributed by atoms with Crippen molar-refractivity contribution in [3.63, 3.8) is 0 Å². The monoisotopic (exact) mass is 250 g/mol. The van der Waals surface area contributed by atoms with Gasteiger partial charge in [-0.3, -0.25) is 10.1 Å². The summed E-state index contributed by atoms with van der Waals surface area (Å²) in [5.41, 5.74) is 6.07. The number of benzene rings is 1. The molecule has 94 valence electrons. The lowest BCUT2D eigenvalue weighted by Gasteiger charge is -1.98. The van der Waals surface area contributed by atoms with Crippen molar-refractivity contribution in [3.8, 4) is 11.4 Å². The van der Waals surface area contributed by atoms with Crippen LogP contribution in [-0.2, 0) is 0 Å². The van der Waals surface area contributed by atoms with Crippen molar-refractivity contribution in [2.24, 2.45) is 5.73 Å². The molecule has 1 aromatic heterocycles. The highest BCUT2D eigenvalue weighted by atomic mass is 16.6. The van der Waals surface area contributed by atoms with E-state index in [1.54, 1.807) is 0 Å². The first kappa shape index (κ1) is 12.1. The summed E-state index contributed by atoms with van der Waals surface area (Å²) in [7, 11) is 0. The summed E-state index contributed by atoms with van der Waals surface area (Å²) in [6, 6.07) is 4.98. The summed E-state index contributed by atoms with van der Waals surface area (Å²) in [6.45, 7) is -0.304. The number of nitro benzene ring substituents is 1. The van der Waals surface area contributed by atoms with E-state index < -0.39 is 11.0 Å². The number of hydrogen-bond acceptors (Lipinski definition) is 7. The molecule has 0 spiro atoms. The molecule has 0 fully saturated rings. The maximum absolute atomic E-state index is 10.5. The maximum atomic E-state index is 10.5. The molecule has 0 aliphatic rings. The van der Waals surface area contributed by atoms with Gasteiger partial charge in [0.05, 0.1) is 11.5 Å². The maximum Gasteiger partial charge on any atom is 0.269 e. The average Bonchev–Trinajstić information content (AvgIpc) is 2.87. The summed E-state index contributed by atoms with van der Waals surface area (Å²) >= 11 is 0. The molecule has 1 aromatic carbocycles. The van der Waals surface area contributed by atoms with Crippen LogP contribution in [0.5, 0.6) is 0 Å². The molecule has 0 aliphatic carbocycles. The van der Waals surface area contributed by atoms with Crippen LogP contribution in [0.2, 0.25) is 0 Å². The fraction of sp³-hybridized carbons (Fsp3) is 0.200. The van der Waals surface area contributed by atoms with E-state index in [2.05, 4.69) is 10.1 Å². The topological polar surface area (TPSA) is 128 Å². The first-order valence-corrected chi connectivity index (χ1v) is 5.06. The molecule has 18 heavy (non-hydrogen) atoms. The molecule has 2 aromatic rings. The van der Waals surface area contributed by atoms with E-state index in [4.69, 9.17) is 15.4 Å². The van der Waals surface area contributed by atoms with E-state index in [1.807, 2.05) is 0 Å². The molecule has 0 aliphatic heterocycles. The molecule has 3 N–H and O–H groups in total. The smallest absolute Gasteiger partial charge is 0.269 e. The Bertz CT molecular complexity index is 551. The van der Waals surface area contributed by atoms with Crippen molar-refractivity contribution in [2.45, 2.75) is 6.04 Å². The van der Waals surface area contributed by atoms with Gasteiger partial charge in [0.25, 0.3) is 5.69 Å². The normalized spacial score (nSPS) is 12.3. The number of non-ortho nitro benzene ring substituents is 1. The van der Waals surface area contributed by atoms with Crippen molar-refractivity contribution < 1.29 is 14.6 Å².